The summed E-state index contributed by atoms with van der Waals surface area (Å²) in [5, 5.41) is 0. The van der Waals surface area contributed by atoms with E-state index in [4.69, 9.17) is 0 Å². The number of nitrogens with zero attached hydrogens (tertiary/aromatic N) is 4. The van der Waals surface area contributed by atoms with Crippen molar-refractivity contribution in [1.82, 2.24) is 14.1 Å². The molecule has 0 saturated carbocycles. The molecule has 2 aromatic heterocycles. The molecule has 2 heterocycles. The van der Waals surface area contributed by atoms with E-state index in [0.29, 0.717) is 5.82 Å². The van der Waals surface area contributed by atoms with Crippen LogP contribution in [0.5, 0.6) is 0 Å². The number of pyridine rings is 1. The molecule has 2 aromatic rings. The molecule has 0 amide bonds. The predicted molar refractivity (Wildman–Crippen MR) is 78.0 cm³/mol. The van der Waals surface area contributed by atoms with Gasteiger partial charge in [-0.1, -0.05) is 6.07 Å². The van der Waals surface area contributed by atoms with Gasteiger partial charge in [0.25, 0.3) is 5.56 Å². The van der Waals surface area contributed by atoms with Crippen LogP contribution in [0.1, 0.15) is 18.7 Å². The van der Waals surface area contributed by atoms with Crippen LogP contribution in [0.25, 0.3) is 0 Å². The van der Waals surface area contributed by atoms with Crippen molar-refractivity contribution in [2.45, 2.75) is 13.0 Å². The van der Waals surface area contributed by atoms with Crippen molar-refractivity contribution in [3.05, 3.63) is 57.0 Å². The van der Waals surface area contributed by atoms with Crippen molar-refractivity contribution in [3.8, 4) is 0 Å². The van der Waals surface area contributed by atoms with Crippen molar-refractivity contribution < 1.29 is 0 Å². The van der Waals surface area contributed by atoms with E-state index in [1.807, 2.05) is 37.1 Å². The highest BCUT2D eigenvalue weighted by molar-refractivity contribution is 5.40. The minimum Gasteiger partial charge on any atom is -0.352 e. The van der Waals surface area contributed by atoms with E-state index in [9.17, 15) is 9.59 Å². The molecule has 6 heteroatoms. The van der Waals surface area contributed by atoms with E-state index in [1.54, 1.807) is 13.2 Å². The molecule has 20 heavy (non-hydrogen) atoms. The topological polar surface area (TPSA) is 60.1 Å². The zero-order valence-electron chi connectivity index (χ0n) is 12.1. The molecule has 0 aromatic carbocycles. The molecule has 0 bridgehead atoms. The van der Waals surface area contributed by atoms with Crippen LogP contribution in [0, 0.1) is 0 Å². The third-order valence-corrected chi connectivity index (χ3v) is 3.56. The molecule has 0 aliphatic heterocycles. The smallest absolute Gasteiger partial charge is 0.332 e. The fraction of sp³-hybridized carbons (Fsp3) is 0.357. The molecule has 0 aliphatic carbocycles. The molecule has 6 nitrogen and oxygen atoms in total. The van der Waals surface area contributed by atoms with Gasteiger partial charge in [-0.05, 0) is 19.1 Å². The lowest BCUT2D eigenvalue weighted by molar-refractivity contribution is 0.635. The van der Waals surface area contributed by atoms with Crippen LogP contribution < -0.4 is 16.1 Å². The molecule has 2 rings (SSSR count). The molecule has 0 aliphatic rings. The van der Waals surface area contributed by atoms with E-state index in [1.165, 1.54) is 17.7 Å². The second-order valence-corrected chi connectivity index (χ2v) is 4.78. The zero-order chi connectivity index (χ0) is 14.9. The van der Waals surface area contributed by atoms with Crippen molar-refractivity contribution in [2.24, 2.45) is 14.1 Å². The van der Waals surface area contributed by atoms with Crippen LogP contribution in [0.15, 0.2) is 40.1 Å². The standard InChI is InChI=1S/C14H18N4O2/c1-10(11-7-5-6-8-15-11)16(2)12-9-13(19)18(4)14(20)17(12)3/h5-10H,1-4H3/t10-/m0/s1. The van der Waals surface area contributed by atoms with Gasteiger partial charge in [-0.25, -0.2) is 4.79 Å². The Kier molecular flexibility index (Phi) is 3.74. The van der Waals surface area contributed by atoms with E-state index < -0.39 is 0 Å². The van der Waals surface area contributed by atoms with Crippen molar-refractivity contribution in [2.75, 3.05) is 11.9 Å². The van der Waals surface area contributed by atoms with Crippen LogP contribution in [0.2, 0.25) is 0 Å². The number of hydrogen-bond acceptors (Lipinski definition) is 4. The molecule has 106 valence electrons. The van der Waals surface area contributed by atoms with Crippen LogP contribution in [-0.4, -0.2) is 21.2 Å². The quantitative estimate of drug-likeness (QED) is 0.825. The third-order valence-electron chi connectivity index (χ3n) is 3.56. The third kappa shape index (κ3) is 2.36. The fourth-order valence-corrected chi connectivity index (χ4v) is 2.08. The van der Waals surface area contributed by atoms with Crippen LogP contribution in [0.3, 0.4) is 0 Å². The van der Waals surface area contributed by atoms with Gasteiger partial charge in [0.1, 0.15) is 5.82 Å². The lowest BCUT2D eigenvalue weighted by atomic mass is 10.2. The summed E-state index contributed by atoms with van der Waals surface area (Å²) in [6.45, 7) is 1.98. The highest BCUT2D eigenvalue weighted by Crippen LogP contribution is 2.21. The summed E-state index contributed by atoms with van der Waals surface area (Å²) in [7, 11) is 4.96. The maximum atomic E-state index is 12.0. The summed E-state index contributed by atoms with van der Waals surface area (Å²) >= 11 is 0. The summed E-state index contributed by atoms with van der Waals surface area (Å²) < 4.78 is 2.55. The van der Waals surface area contributed by atoms with E-state index in [0.717, 1.165) is 10.3 Å². The van der Waals surface area contributed by atoms with Gasteiger partial charge < -0.3 is 4.90 Å². The van der Waals surface area contributed by atoms with Gasteiger partial charge in [-0.3, -0.25) is 18.9 Å². The van der Waals surface area contributed by atoms with Crippen molar-refractivity contribution in [3.63, 3.8) is 0 Å². The second kappa shape index (κ2) is 5.32. The molecule has 0 saturated heterocycles. The maximum Gasteiger partial charge on any atom is 0.332 e. The molecule has 0 N–H and O–H groups in total. The maximum absolute atomic E-state index is 12.0. The summed E-state index contributed by atoms with van der Waals surface area (Å²) in [5.74, 6) is 0.566. The Bertz CT molecular complexity index is 718. The summed E-state index contributed by atoms with van der Waals surface area (Å²) in [6.07, 6.45) is 1.72. The first-order valence-electron chi connectivity index (χ1n) is 6.34. The van der Waals surface area contributed by atoms with Crippen molar-refractivity contribution >= 4 is 5.82 Å². The minimum atomic E-state index is -0.340. The number of aromatic nitrogens is 3. The normalized spacial score (nSPS) is 12.2. The molecule has 0 spiro atoms. The van der Waals surface area contributed by atoms with E-state index in [2.05, 4.69) is 4.98 Å². The van der Waals surface area contributed by atoms with Crippen molar-refractivity contribution in [1.29, 1.82) is 0 Å². The van der Waals surface area contributed by atoms with Gasteiger partial charge in [0.2, 0.25) is 0 Å². The van der Waals surface area contributed by atoms with Gasteiger partial charge in [-0.15, -0.1) is 0 Å². The average molecular weight is 274 g/mol. The summed E-state index contributed by atoms with van der Waals surface area (Å²) in [6, 6.07) is 7.09. The van der Waals surface area contributed by atoms with Crippen LogP contribution in [0.4, 0.5) is 5.82 Å². The first-order chi connectivity index (χ1) is 9.43. The predicted octanol–water partition coefficient (Wildman–Crippen LogP) is 0.676. The molecule has 0 unspecified atom stereocenters. The lowest BCUT2D eigenvalue weighted by Crippen LogP contribution is -2.40. The highest BCUT2D eigenvalue weighted by atomic mass is 16.2. The Morgan fingerprint density at radius 1 is 1.20 bits per heavy atom. The lowest BCUT2D eigenvalue weighted by Gasteiger charge is -2.28. The second-order valence-electron chi connectivity index (χ2n) is 4.78. The number of anilines is 1. The fourth-order valence-electron chi connectivity index (χ4n) is 2.08. The zero-order valence-corrected chi connectivity index (χ0v) is 12.1. The number of rotatable bonds is 3. The molecule has 1 atom stereocenters. The Morgan fingerprint density at radius 3 is 2.50 bits per heavy atom. The highest BCUT2D eigenvalue weighted by Gasteiger charge is 2.17. The largest absolute Gasteiger partial charge is 0.352 e. The van der Waals surface area contributed by atoms with Gasteiger partial charge in [0, 0.05) is 33.4 Å². The Hall–Kier alpha value is -2.37. The molecular weight excluding hydrogens is 256 g/mol. The Morgan fingerprint density at radius 2 is 1.90 bits per heavy atom. The average Bonchev–Trinajstić information content (AvgIpc) is 2.48. The Balaban J connectivity index is 2.47. The van der Waals surface area contributed by atoms with Crippen LogP contribution in [-0.2, 0) is 14.1 Å². The van der Waals surface area contributed by atoms with Gasteiger partial charge in [0.15, 0.2) is 0 Å². The van der Waals surface area contributed by atoms with E-state index in [-0.39, 0.29) is 17.3 Å². The molecule has 0 radical (unpaired) electrons. The molecule has 0 fully saturated rings. The van der Waals surface area contributed by atoms with E-state index >= 15 is 0 Å². The van der Waals surface area contributed by atoms with Gasteiger partial charge >= 0.3 is 5.69 Å². The summed E-state index contributed by atoms with van der Waals surface area (Å²) in [4.78, 5) is 29.9. The minimum absolute atomic E-state index is 0.0473. The van der Waals surface area contributed by atoms with Gasteiger partial charge in [-0.2, -0.15) is 0 Å². The first-order valence-corrected chi connectivity index (χ1v) is 6.34. The monoisotopic (exact) mass is 274 g/mol. The molecular formula is C14H18N4O2. The summed E-state index contributed by atoms with van der Waals surface area (Å²) in [5.41, 5.74) is 0.221. The Labute approximate surface area is 116 Å². The van der Waals surface area contributed by atoms with Crippen LogP contribution >= 0.6 is 0 Å². The number of hydrogen-bond donors (Lipinski definition) is 0. The first kappa shape index (κ1) is 14.0. The SMILES string of the molecule is C[C@@H](c1ccccn1)N(C)c1cc(=O)n(C)c(=O)n1C. The van der Waals surface area contributed by atoms with Gasteiger partial charge in [0.05, 0.1) is 11.7 Å².